The van der Waals surface area contributed by atoms with Crippen molar-refractivity contribution in [3.63, 3.8) is 0 Å². The van der Waals surface area contributed by atoms with Gasteiger partial charge in [-0.05, 0) is 67.1 Å². The van der Waals surface area contributed by atoms with E-state index in [2.05, 4.69) is 20.5 Å². The minimum atomic E-state index is -0.637. The van der Waals surface area contributed by atoms with Gasteiger partial charge in [-0.25, -0.2) is 9.37 Å². The van der Waals surface area contributed by atoms with Crippen LogP contribution in [0.5, 0.6) is 0 Å². The highest BCUT2D eigenvalue weighted by Crippen LogP contribution is 2.42. The van der Waals surface area contributed by atoms with Crippen molar-refractivity contribution in [2.24, 2.45) is 7.05 Å². The fraction of sp³-hybridized carbons (Fsp3) is 0.259. The molecule has 186 valence electrons. The maximum absolute atomic E-state index is 14.3. The molecule has 10 heteroatoms. The van der Waals surface area contributed by atoms with Crippen molar-refractivity contribution in [1.82, 2.24) is 24.3 Å². The standard InChI is InChI=1S/C27H23FN6O3/c1-33-14-29-32-25(33)21-11-18(28)4-7-20(21)17-9-23(16-2-3-16)30-24(10-17)31-26(36)22-8-15(13-35)12-34(27(22)37)19-5-6-19/h4,7-14,16,19H,2-3,5-6H2,1H3,(H,30,31,36). The zero-order valence-corrected chi connectivity index (χ0v) is 20.0. The summed E-state index contributed by atoms with van der Waals surface area (Å²) in [5.41, 5.74) is 2.50. The lowest BCUT2D eigenvalue weighted by atomic mass is 9.98. The first kappa shape index (κ1) is 23.0. The summed E-state index contributed by atoms with van der Waals surface area (Å²) in [5, 5.41) is 10.8. The zero-order valence-electron chi connectivity index (χ0n) is 20.0. The van der Waals surface area contributed by atoms with Gasteiger partial charge >= 0.3 is 0 Å². The van der Waals surface area contributed by atoms with Gasteiger partial charge in [-0.1, -0.05) is 6.07 Å². The molecule has 4 aromatic rings. The number of nitrogens with one attached hydrogen (secondary N) is 1. The smallest absolute Gasteiger partial charge is 0.263 e. The van der Waals surface area contributed by atoms with Crippen LogP contribution in [0.15, 0.2) is 53.7 Å². The Morgan fingerprint density at radius 1 is 1.11 bits per heavy atom. The molecule has 2 saturated carbocycles. The van der Waals surface area contributed by atoms with E-state index in [9.17, 15) is 18.8 Å². The van der Waals surface area contributed by atoms with E-state index in [1.165, 1.54) is 29.0 Å². The minimum Gasteiger partial charge on any atom is -0.317 e. The third-order valence-corrected chi connectivity index (χ3v) is 6.71. The third kappa shape index (κ3) is 4.46. The van der Waals surface area contributed by atoms with Crippen molar-refractivity contribution >= 4 is 18.0 Å². The van der Waals surface area contributed by atoms with Crippen LogP contribution in [0.3, 0.4) is 0 Å². The van der Waals surface area contributed by atoms with E-state index >= 15 is 0 Å². The molecule has 0 unspecified atom stereocenters. The van der Waals surface area contributed by atoms with Gasteiger partial charge in [-0.2, -0.15) is 0 Å². The van der Waals surface area contributed by atoms with E-state index in [0.29, 0.717) is 23.2 Å². The SMILES string of the molecule is Cn1cnnc1-c1cc(F)ccc1-c1cc(NC(=O)c2cc(C=O)cn(C3CC3)c2=O)nc(C2CC2)c1. The molecule has 2 fully saturated rings. The number of anilines is 1. The Balaban J connectivity index is 1.42. The van der Waals surface area contributed by atoms with Gasteiger partial charge in [0.05, 0.1) is 0 Å². The van der Waals surface area contributed by atoms with E-state index in [-0.39, 0.29) is 28.9 Å². The normalized spacial score (nSPS) is 15.0. The summed E-state index contributed by atoms with van der Waals surface area (Å²) in [6.45, 7) is 0. The molecule has 0 spiro atoms. The lowest BCUT2D eigenvalue weighted by molar-refractivity contribution is 0.102. The molecule has 0 aliphatic heterocycles. The van der Waals surface area contributed by atoms with E-state index in [1.807, 2.05) is 6.07 Å². The highest BCUT2D eigenvalue weighted by molar-refractivity contribution is 6.04. The van der Waals surface area contributed by atoms with E-state index in [0.717, 1.165) is 36.9 Å². The van der Waals surface area contributed by atoms with Crippen LogP contribution in [-0.4, -0.2) is 36.5 Å². The predicted octanol–water partition coefficient (Wildman–Crippen LogP) is 4.12. The molecule has 37 heavy (non-hydrogen) atoms. The summed E-state index contributed by atoms with van der Waals surface area (Å²) in [6.07, 6.45) is 7.30. The number of hydrogen-bond acceptors (Lipinski definition) is 6. The van der Waals surface area contributed by atoms with Crippen molar-refractivity contribution in [3.8, 4) is 22.5 Å². The van der Waals surface area contributed by atoms with Gasteiger partial charge in [-0.3, -0.25) is 14.4 Å². The van der Waals surface area contributed by atoms with Crippen LogP contribution in [-0.2, 0) is 7.05 Å². The first-order valence-corrected chi connectivity index (χ1v) is 12.1. The Hall–Kier alpha value is -4.47. The molecule has 0 bridgehead atoms. The van der Waals surface area contributed by atoms with Crippen LogP contribution in [0.2, 0.25) is 0 Å². The first-order chi connectivity index (χ1) is 17.9. The largest absolute Gasteiger partial charge is 0.317 e. The molecule has 3 heterocycles. The summed E-state index contributed by atoms with van der Waals surface area (Å²) in [5.74, 6) is -0.0154. The van der Waals surface area contributed by atoms with Crippen LogP contribution < -0.4 is 10.9 Å². The molecular weight excluding hydrogens is 475 g/mol. The molecule has 3 aromatic heterocycles. The maximum atomic E-state index is 14.3. The van der Waals surface area contributed by atoms with E-state index < -0.39 is 17.3 Å². The van der Waals surface area contributed by atoms with Gasteiger partial charge in [0.15, 0.2) is 12.1 Å². The van der Waals surface area contributed by atoms with Gasteiger partial charge < -0.3 is 14.5 Å². The second kappa shape index (κ2) is 8.88. The number of rotatable bonds is 7. The average Bonchev–Trinajstić information content (AvgIpc) is 3.82. The van der Waals surface area contributed by atoms with E-state index in [4.69, 9.17) is 0 Å². The van der Waals surface area contributed by atoms with Gasteiger partial charge in [-0.15, -0.1) is 10.2 Å². The third-order valence-electron chi connectivity index (χ3n) is 6.71. The van der Waals surface area contributed by atoms with Crippen molar-refractivity contribution in [2.45, 2.75) is 37.6 Å². The van der Waals surface area contributed by atoms with Crippen LogP contribution in [0.4, 0.5) is 10.2 Å². The topological polar surface area (TPSA) is 112 Å². The number of aromatic nitrogens is 5. The Morgan fingerprint density at radius 3 is 2.59 bits per heavy atom. The van der Waals surface area contributed by atoms with Gasteiger partial charge in [0.25, 0.3) is 11.5 Å². The second-order valence-electron chi connectivity index (χ2n) is 9.60. The fourth-order valence-corrected chi connectivity index (χ4v) is 4.50. The number of nitrogens with zero attached hydrogens (tertiary/aromatic N) is 5. The molecule has 0 radical (unpaired) electrons. The molecule has 2 aliphatic rings. The Bertz CT molecular complexity index is 1620. The summed E-state index contributed by atoms with van der Waals surface area (Å²) >= 11 is 0. The van der Waals surface area contributed by atoms with Gasteiger partial charge in [0.1, 0.15) is 23.5 Å². The summed E-state index contributed by atoms with van der Waals surface area (Å²) in [6, 6.07) is 9.39. The summed E-state index contributed by atoms with van der Waals surface area (Å²) in [4.78, 5) is 42.3. The minimum absolute atomic E-state index is 0.0133. The molecule has 0 atom stereocenters. The lowest BCUT2D eigenvalue weighted by Gasteiger charge is -2.14. The number of hydrogen-bond donors (Lipinski definition) is 1. The highest BCUT2D eigenvalue weighted by atomic mass is 19.1. The van der Waals surface area contributed by atoms with Crippen LogP contribution in [0, 0.1) is 5.82 Å². The number of carbonyl (C=O) groups is 2. The average molecular weight is 499 g/mol. The Kier molecular flexibility index (Phi) is 5.51. The van der Waals surface area contributed by atoms with Crippen molar-refractivity contribution in [1.29, 1.82) is 0 Å². The first-order valence-electron chi connectivity index (χ1n) is 12.1. The quantitative estimate of drug-likeness (QED) is 0.384. The van der Waals surface area contributed by atoms with Crippen LogP contribution in [0.1, 0.15) is 64.1 Å². The predicted molar refractivity (Wildman–Crippen MR) is 134 cm³/mol. The summed E-state index contributed by atoms with van der Waals surface area (Å²) < 4.78 is 17.4. The zero-order chi connectivity index (χ0) is 25.7. The fourth-order valence-electron chi connectivity index (χ4n) is 4.50. The molecule has 9 nitrogen and oxygen atoms in total. The highest BCUT2D eigenvalue weighted by Gasteiger charge is 2.29. The maximum Gasteiger partial charge on any atom is 0.263 e. The van der Waals surface area contributed by atoms with Crippen LogP contribution >= 0.6 is 0 Å². The lowest BCUT2D eigenvalue weighted by Crippen LogP contribution is -2.29. The molecule has 6 rings (SSSR count). The van der Waals surface area contributed by atoms with Crippen molar-refractivity contribution in [3.05, 3.63) is 81.9 Å². The number of halogens is 1. The molecule has 2 aliphatic carbocycles. The molecule has 1 N–H and O–H groups in total. The molecule has 1 amide bonds. The molecule has 1 aromatic carbocycles. The second-order valence-corrected chi connectivity index (χ2v) is 9.60. The number of carbonyl (C=O) groups excluding carboxylic acids is 2. The molecule has 0 saturated heterocycles. The number of pyridine rings is 2. The number of aldehydes is 1. The van der Waals surface area contributed by atoms with Gasteiger partial charge in [0.2, 0.25) is 0 Å². The monoisotopic (exact) mass is 498 g/mol. The van der Waals surface area contributed by atoms with Gasteiger partial charge in [0, 0.05) is 42.0 Å². The van der Waals surface area contributed by atoms with E-state index in [1.54, 1.807) is 30.1 Å². The van der Waals surface area contributed by atoms with Crippen molar-refractivity contribution < 1.29 is 14.0 Å². The van der Waals surface area contributed by atoms with Crippen molar-refractivity contribution in [2.75, 3.05) is 5.32 Å². The number of benzene rings is 1. The number of amides is 1. The molecular formula is C27H23FN6O3. The number of aryl methyl sites for hydroxylation is 1. The summed E-state index contributed by atoms with van der Waals surface area (Å²) in [7, 11) is 1.78. The Morgan fingerprint density at radius 2 is 1.92 bits per heavy atom. The Labute approximate surface area is 211 Å². The van der Waals surface area contributed by atoms with Crippen LogP contribution in [0.25, 0.3) is 22.5 Å².